The molecule has 2 N–H and O–H groups in total. The first-order valence-corrected chi connectivity index (χ1v) is 3.27. The molecule has 9 heavy (non-hydrogen) atoms. The highest BCUT2D eigenvalue weighted by Gasteiger charge is 2.20. The highest BCUT2D eigenvalue weighted by atomic mass is 16.1. The van der Waals surface area contributed by atoms with Crippen molar-refractivity contribution in [3.8, 4) is 0 Å². The van der Waals surface area contributed by atoms with E-state index in [-0.39, 0.29) is 5.91 Å². The van der Waals surface area contributed by atoms with Crippen molar-refractivity contribution in [1.82, 2.24) is 10.6 Å². The zero-order chi connectivity index (χ0) is 6.69. The van der Waals surface area contributed by atoms with Crippen molar-refractivity contribution < 1.29 is 4.79 Å². The van der Waals surface area contributed by atoms with E-state index >= 15 is 0 Å². The molecule has 1 fully saturated rings. The molecule has 0 saturated heterocycles. The third kappa shape index (κ3) is 2.46. The second-order valence-corrected chi connectivity index (χ2v) is 2.33. The summed E-state index contributed by atoms with van der Waals surface area (Å²) in [6.45, 7) is 0.473. The molecule has 0 radical (unpaired) electrons. The molecule has 1 aliphatic carbocycles. The van der Waals surface area contributed by atoms with Gasteiger partial charge in [-0.05, 0) is 12.8 Å². The normalized spacial score (nSPS) is 17.4. The molecule has 0 aromatic rings. The van der Waals surface area contributed by atoms with Gasteiger partial charge in [0.05, 0.1) is 6.54 Å². The summed E-state index contributed by atoms with van der Waals surface area (Å²) >= 11 is 0. The fraction of sp³-hybridized carbons (Fsp3) is 0.833. The Bertz CT molecular complexity index is 110. The van der Waals surface area contributed by atoms with Crippen LogP contribution in [0.3, 0.4) is 0 Å². The van der Waals surface area contributed by atoms with Gasteiger partial charge in [-0.15, -0.1) is 0 Å². The van der Waals surface area contributed by atoms with Crippen LogP contribution < -0.4 is 10.6 Å². The molecule has 0 aromatic carbocycles. The van der Waals surface area contributed by atoms with Crippen molar-refractivity contribution in [3.63, 3.8) is 0 Å². The second-order valence-electron chi connectivity index (χ2n) is 2.33. The van der Waals surface area contributed by atoms with Crippen LogP contribution in [0, 0.1) is 0 Å². The Hall–Kier alpha value is -0.570. The molecular formula is C6H12N2O. The van der Waals surface area contributed by atoms with Crippen molar-refractivity contribution in [1.29, 1.82) is 0 Å². The van der Waals surface area contributed by atoms with Crippen molar-refractivity contribution in [2.24, 2.45) is 0 Å². The van der Waals surface area contributed by atoms with E-state index < -0.39 is 0 Å². The van der Waals surface area contributed by atoms with Gasteiger partial charge >= 0.3 is 0 Å². The summed E-state index contributed by atoms with van der Waals surface area (Å²) < 4.78 is 0. The van der Waals surface area contributed by atoms with E-state index in [9.17, 15) is 4.79 Å². The van der Waals surface area contributed by atoms with Crippen molar-refractivity contribution >= 4 is 5.91 Å². The molecule has 1 rings (SSSR count). The molecule has 0 bridgehead atoms. The first-order valence-electron chi connectivity index (χ1n) is 3.27. The molecule has 0 spiro atoms. The molecule has 1 amide bonds. The Morgan fingerprint density at radius 2 is 2.33 bits per heavy atom. The van der Waals surface area contributed by atoms with E-state index in [0.29, 0.717) is 12.6 Å². The fourth-order valence-corrected chi connectivity index (χ4v) is 0.613. The van der Waals surface area contributed by atoms with Gasteiger partial charge in [0.15, 0.2) is 0 Å². The number of nitrogens with one attached hydrogen (secondary N) is 2. The zero-order valence-corrected chi connectivity index (χ0v) is 5.61. The summed E-state index contributed by atoms with van der Waals surface area (Å²) in [6.07, 6.45) is 2.47. The fourth-order valence-electron chi connectivity index (χ4n) is 0.613. The Labute approximate surface area is 54.8 Å². The molecule has 1 saturated carbocycles. The van der Waals surface area contributed by atoms with Crippen molar-refractivity contribution in [2.45, 2.75) is 18.9 Å². The smallest absolute Gasteiger partial charge is 0.233 e. The van der Waals surface area contributed by atoms with Crippen molar-refractivity contribution in [3.05, 3.63) is 0 Å². The lowest BCUT2D eigenvalue weighted by Gasteiger charge is -1.98. The molecule has 3 heteroatoms. The maximum Gasteiger partial charge on any atom is 0.233 e. The Kier molecular flexibility index (Phi) is 2.05. The van der Waals surface area contributed by atoms with Crippen LogP contribution in [0.5, 0.6) is 0 Å². The number of hydrogen-bond acceptors (Lipinski definition) is 2. The molecule has 0 atom stereocenters. The lowest BCUT2D eigenvalue weighted by atomic mass is 10.5. The number of hydrogen-bond donors (Lipinski definition) is 2. The highest BCUT2D eigenvalue weighted by Crippen LogP contribution is 2.17. The minimum Gasteiger partial charge on any atom is -0.358 e. The van der Waals surface area contributed by atoms with E-state index in [4.69, 9.17) is 0 Å². The second kappa shape index (κ2) is 2.82. The third-order valence-electron chi connectivity index (χ3n) is 1.41. The first-order chi connectivity index (χ1) is 4.33. The van der Waals surface area contributed by atoms with E-state index in [1.165, 1.54) is 12.8 Å². The van der Waals surface area contributed by atoms with Crippen LogP contribution in [0.15, 0.2) is 0 Å². The Balaban J connectivity index is 1.96. The van der Waals surface area contributed by atoms with E-state index in [2.05, 4.69) is 10.6 Å². The summed E-state index contributed by atoms with van der Waals surface area (Å²) in [6, 6.07) is 0.627. The molecular weight excluding hydrogens is 116 g/mol. The van der Waals surface area contributed by atoms with Crippen LogP contribution in [0.2, 0.25) is 0 Å². The van der Waals surface area contributed by atoms with Crippen LogP contribution in [-0.2, 0) is 4.79 Å². The lowest BCUT2D eigenvalue weighted by molar-refractivity contribution is -0.119. The van der Waals surface area contributed by atoms with Crippen LogP contribution >= 0.6 is 0 Å². The van der Waals surface area contributed by atoms with E-state index in [0.717, 1.165) is 0 Å². The molecule has 0 unspecified atom stereocenters. The van der Waals surface area contributed by atoms with Crippen LogP contribution in [0.25, 0.3) is 0 Å². The average Bonchev–Trinajstić information content (AvgIpc) is 2.65. The van der Waals surface area contributed by atoms with Gasteiger partial charge in [0, 0.05) is 13.1 Å². The van der Waals surface area contributed by atoms with E-state index in [1.807, 2.05) is 0 Å². The van der Waals surface area contributed by atoms with Gasteiger partial charge in [0.25, 0.3) is 0 Å². The quantitative estimate of drug-likeness (QED) is 0.537. The van der Waals surface area contributed by atoms with Gasteiger partial charge < -0.3 is 10.6 Å². The van der Waals surface area contributed by atoms with Crippen molar-refractivity contribution in [2.75, 3.05) is 13.6 Å². The maximum atomic E-state index is 10.6. The van der Waals surface area contributed by atoms with E-state index in [1.54, 1.807) is 7.05 Å². The predicted molar refractivity (Wildman–Crippen MR) is 35.1 cm³/mol. The highest BCUT2D eigenvalue weighted by molar-refractivity contribution is 5.77. The largest absolute Gasteiger partial charge is 0.358 e. The molecule has 0 heterocycles. The molecule has 1 aliphatic rings. The van der Waals surface area contributed by atoms with Gasteiger partial charge in [0.1, 0.15) is 0 Å². The summed E-state index contributed by atoms with van der Waals surface area (Å²) in [4.78, 5) is 10.6. The average molecular weight is 128 g/mol. The number of likely N-dealkylation sites (N-methyl/N-ethyl adjacent to an activating group) is 1. The predicted octanol–water partition coefficient (Wildman–Crippen LogP) is -0.516. The summed E-state index contributed by atoms with van der Waals surface area (Å²) in [5.74, 6) is 0.0712. The molecule has 52 valence electrons. The zero-order valence-electron chi connectivity index (χ0n) is 5.61. The minimum atomic E-state index is 0.0712. The van der Waals surface area contributed by atoms with Gasteiger partial charge in [-0.25, -0.2) is 0 Å². The Morgan fingerprint density at radius 1 is 1.67 bits per heavy atom. The molecule has 0 aromatic heterocycles. The topological polar surface area (TPSA) is 41.1 Å². The Morgan fingerprint density at radius 3 is 2.78 bits per heavy atom. The summed E-state index contributed by atoms with van der Waals surface area (Å²) in [5.41, 5.74) is 0. The van der Waals surface area contributed by atoms with Crippen LogP contribution in [0.4, 0.5) is 0 Å². The van der Waals surface area contributed by atoms with Crippen LogP contribution in [-0.4, -0.2) is 25.5 Å². The van der Waals surface area contributed by atoms with Gasteiger partial charge in [0.2, 0.25) is 5.91 Å². The number of rotatable bonds is 3. The minimum absolute atomic E-state index is 0.0712. The standard InChI is InChI=1S/C6H12N2O/c1-7-6(9)4-8-5-2-3-5/h5,8H,2-4H2,1H3,(H,7,9). The van der Waals surface area contributed by atoms with Crippen LogP contribution in [0.1, 0.15) is 12.8 Å². The first kappa shape index (κ1) is 6.55. The monoisotopic (exact) mass is 128 g/mol. The summed E-state index contributed by atoms with van der Waals surface area (Å²) in [7, 11) is 1.65. The van der Waals surface area contributed by atoms with Gasteiger partial charge in [-0.2, -0.15) is 0 Å². The summed E-state index contributed by atoms with van der Waals surface area (Å²) in [5, 5.41) is 5.64. The SMILES string of the molecule is CNC(=O)CNC1CC1. The van der Waals surface area contributed by atoms with Gasteiger partial charge in [-0.3, -0.25) is 4.79 Å². The lowest BCUT2D eigenvalue weighted by Crippen LogP contribution is -2.32. The molecule has 3 nitrogen and oxygen atoms in total. The molecule has 0 aliphatic heterocycles. The number of carbonyl (C=O) groups excluding carboxylic acids is 1. The number of amides is 1. The number of carbonyl (C=O) groups is 1. The third-order valence-corrected chi connectivity index (χ3v) is 1.41. The van der Waals surface area contributed by atoms with Gasteiger partial charge in [-0.1, -0.05) is 0 Å². The maximum absolute atomic E-state index is 10.6.